The first-order valence-electron chi connectivity index (χ1n) is 4.46. The molecule has 0 N–H and O–H groups in total. The molecule has 5 heteroatoms. The lowest BCUT2D eigenvalue weighted by molar-refractivity contribution is 0.122. The maximum absolute atomic E-state index is 11.8. The Balaban J connectivity index is 3.68. The van der Waals surface area contributed by atoms with Crippen LogP contribution in [-0.2, 0) is 13.3 Å². The first-order valence-corrected chi connectivity index (χ1v) is 6.39. The van der Waals surface area contributed by atoms with Crippen molar-refractivity contribution >= 4 is 8.80 Å². The second-order valence-corrected chi connectivity index (χ2v) is 5.89. The summed E-state index contributed by atoms with van der Waals surface area (Å²) in [6, 6.07) is 0.760. The van der Waals surface area contributed by atoms with E-state index in [9.17, 15) is 4.39 Å². The van der Waals surface area contributed by atoms with Crippen molar-refractivity contribution in [3.8, 4) is 0 Å². The van der Waals surface area contributed by atoms with E-state index in [1.165, 1.54) is 0 Å². The van der Waals surface area contributed by atoms with Gasteiger partial charge >= 0.3 is 8.80 Å². The Kier molecular flexibility index (Phi) is 7.45. The Morgan fingerprint density at radius 1 is 0.923 bits per heavy atom. The van der Waals surface area contributed by atoms with Crippen molar-refractivity contribution in [3.05, 3.63) is 0 Å². The molecule has 80 valence electrons. The van der Waals surface area contributed by atoms with E-state index in [1.807, 2.05) is 0 Å². The highest BCUT2D eigenvalue weighted by Gasteiger charge is 2.36. The average Bonchev–Trinajstić information content (AvgIpc) is 2.20. The van der Waals surface area contributed by atoms with Crippen LogP contribution >= 0.6 is 0 Å². The van der Waals surface area contributed by atoms with Crippen LogP contribution in [0.25, 0.3) is 0 Å². The quantitative estimate of drug-likeness (QED) is 0.453. The highest BCUT2D eigenvalue weighted by Crippen LogP contribution is 2.16. The smallest absolute Gasteiger partial charge is 0.377 e. The minimum atomic E-state index is -2.39. The molecule has 0 aliphatic heterocycles. The zero-order valence-electron chi connectivity index (χ0n) is 8.64. The van der Waals surface area contributed by atoms with Crippen LogP contribution < -0.4 is 0 Å². The molecule has 3 nitrogen and oxygen atoms in total. The van der Waals surface area contributed by atoms with Crippen LogP contribution in [0.3, 0.4) is 0 Å². The molecule has 0 amide bonds. The van der Waals surface area contributed by atoms with Crippen LogP contribution in [-0.4, -0.2) is 36.8 Å². The third-order valence-corrected chi connectivity index (χ3v) is 4.88. The van der Waals surface area contributed by atoms with E-state index in [0.29, 0.717) is 6.42 Å². The minimum absolute atomic E-state index is 0.249. The second-order valence-electron chi connectivity index (χ2n) is 2.80. The van der Waals surface area contributed by atoms with Crippen molar-refractivity contribution in [2.24, 2.45) is 0 Å². The fraction of sp³-hybridized carbons (Fsp3) is 1.00. The number of alkyl halides is 1. The summed E-state index contributed by atoms with van der Waals surface area (Å²) >= 11 is 0. The van der Waals surface area contributed by atoms with Crippen LogP contribution in [0, 0.1) is 0 Å². The van der Waals surface area contributed by atoms with Crippen LogP contribution in [0.4, 0.5) is 4.39 Å². The Morgan fingerprint density at radius 2 is 1.46 bits per heavy atom. The summed E-state index contributed by atoms with van der Waals surface area (Å²) in [6.45, 7) is -0.249. The SMILES string of the molecule is CO[Si](CCCCCF)(OC)OC. The fourth-order valence-electron chi connectivity index (χ4n) is 1.17. The van der Waals surface area contributed by atoms with Gasteiger partial charge in [-0.2, -0.15) is 0 Å². The lowest BCUT2D eigenvalue weighted by atomic mass is 10.3. The van der Waals surface area contributed by atoms with Gasteiger partial charge in [-0.1, -0.05) is 6.42 Å². The van der Waals surface area contributed by atoms with Crippen molar-refractivity contribution in [3.63, 3.8) is 0 Å². The van der Waals surface area contributed by atoms with Crippen LogP contribution in [0.5, 0.6) is 0 Å². The van der Waals surface area contributed by atoms with E-state index < -0.39 is 8.80 Å². The van der Waals surface area contributed by atoms with Crippen LogP contribution in [0.1, 0.15) is 19.3 Å². The van der Waals surface area contributed by atoms with Gasteiger partial charge in [-0.05, 0) is 12.8 Å². The zero-order valence-corrected chi connectivity index (χ0v) is 9.64. The van der Waals surface area contributed by atoms with Crippen molar-refractivity contribution in [1.82, 2.24) is 0 Å². The van der Waals surface area contributed by atoms with E-state index >= 15 is 0 Å². The van der Waals surface area contributed by atoms with Gasteiger partial charge in [0, 0.05) is 27.4 Å². The van der Waals surface area contributed by atoms with Crippen molar-refractivity contribution in [2.75, 3.05) is 28.0 Å². The first-order chi connectivity index (χ1) is 6.24. The molecule has 0 saturated carbocycles. The summed E-state index contributed by atoms with van der Waals surface area (Å²) in [5, 5.41) is 0. The number of hydrogen-bond acceptors (Lipinski definition) is 3. The molecule has 0 heterocycles. The third kappa shape index (κ3) is 4.71. The lowest BCUT2D eigenvalue weighted by Gasteiger charge is -2.24. The predicted octanol–water partition coefficient (Wildman–Crippen LogP) is 2.00. The molecule has 0 radical (unpaired) electrons. The molecule has 0 spiro atoms. The van der Waals surface area contributed by atoms with Gasteiger partial charge in [-0.3, -0.25) is 4.39 Å². The highest BCUT2D eigenvalue weighted by molar-refractivity contribution is 6.60. The molecule has 0 aliphatic rings. The summed E-state index contributed by atoms with van der Waals surface area (Å²) in [5.74, 6) is 0. The normalized spacial score (nSPS) is 12.0. The van der Waals surface area contributed by atoms with E-state index in [2.05, 4.69) is 0 Å². The van der Waals surface area contributed by atoms with Gasteiger partial charge in [-0.25, -0.2) is 0 Å². The molecule has 0 bridgehead atoms. The molecule has 0 rings (SSSR count). The summed E-state index contributed by atoms with van der Waals surface area (Å²) in [4.78, 5) is 0. The monoisotopic (exact) mass is 210 g/mol. The maximum atomic E-state index is 11.8. The number of unbranched alkanes of at least 4 members (excludes halogenated alkanes) is 2. The molecule has 13 heavy (non-hydrogen) atoms. The molecular weight excluding hydrogens is 191 g/mol. The van der Waals surface area contributed by atoms with Gasteiger partial charge in [-0.15, -0.1) is 0 Å². The summed E-state index contributed by atoms with van der Waals surface area (Å²) in [7, 11) is 2.39. The molecule has 0 aromatic heterocycles. The van der Waals surface area contributed by atoms with E-state index in [1.54, 1.807) is 21.3 Å². The van der Waals surface area contributed by atoms with Gasteiger partial charge in [0.15, 0.2) is 0 Å². The molecule has 0 unspecified atom stereocenters. The van der Waals surface area contributed by atoms with Gasteiger partial charge in [0.25, 0.3) is 0 Å². The topological polar surface area (TPSA) is 27.7 Å². The largest absolute Gasteiger partial charge is 0.500 e. The highest BCUT2D eigenvalue weighted by atomic mass is 28.4. The average molecular weight is 210 g/mol. The Bertz CT molecular complexity index is 112. The summed E-state index contributed by atoms with van der Waals surface area (Å²) < 4.78 is 27.4. The summed E-state index contributed by atoms with van der Waals surface area (Å²) in [6.07, 6.45) is 2.37. The standard InChI is InChI=1S/C8H19FO3Si/c1-10-13(11-2,12-3)8-6-4-5-7-9/h4-8H2,1-3H3. The fourth-order valence-corrected chi connectivity index (χ4v) is 2.96. The molecular formula is C8H19FO3Si. The number of rotatable bonds is 8. The van der Waals surface area contributed by atoms with Crippen LogP contribution in [0.2, 0.25) is 6.04 Å². The lowest BCUT2D eigenvalue weighted by Crippen LogP contribution is -2.42. The van der Waals surface area contributed by atoms with Crippen molar-refractivity contribution < 1.29 is 17.7 Å². The molecule has 0 atom stereocenters. The summed E-state index contributed by atoms with van der Waals surface area (Å²) in [5.41, 5.74) is 0. The Labute approximate surface area is 80.6 Å². The maximum Gasteiger partial charge on any atom is 0.500 e. The second kappa shape index (κ2) is 7.43. The number of halogens is 1. The van der Waals surface area contributed by atoms with Gasteiger partial charge < -0.3 is 13.3 Å². The van der Waals surface area contributed by atoms with Gasteiger partial charge in [0.1, 0.15) is 0 Å². The third-order valence-electron chi connectivity index (χ3n) is 2.05. The van der Waals surface area contributed by atoms with Gasteiger partial charge in [0.2, 0.25) is 0 Å². The van der Waals surface area contributed by atoms with Crippen molar-refractivity contribution in [1.29, 1.82) is 0 Å². The molecule has 0 aromatic carbocycles. The molecule has 0 aromatic rings. The zero-order chi connectivity index (χ0) is 10.2. The van der Waals surface area contributed by atoms with Gasteiger partial charge in [0.05, 0.1) is 6.67 Å². The molecule has 0 fully saturated rings. The van der Waals surface area contributed by atoms with E-state index in [0.717, 1.165) is 18.9 Å². The molecule has 0 aliphatic carbocycles. The van der Waals surface area contributed by atoms with E-state index in [-0.39, 0.29) is 6.67 Å². The predicted molar refractivity (Wildman–Crippen MR) is 51.4 cm³/mol. The Morgan fingerprint density at radius 3 is 1.85 bits per heavy atom. The van der Waals surface area contributed by atoms with Crippen LogP contribution in [0.15, 0.2) is 0 Å². The minimum Gasteiger partial charge on any atom is -0.377 e. The first kappa shape index (κ1) is 13.0. The van der Waals surface area contributed by atoms with E-state index in [4.69, 9.17) is 13.3 Å². The Hall–Kier alpha value is 0.0269. The molecule has 0 saturated heterocycles. The van der Waals surface area contributed by atoms with Crippen molar-refractivity contribution in [2.45, 2.75) is 25.3 Å². The number of hydrogen-bond donors (Lipinski definition) is 0.